The Labute approximate surface area is 111 Å². The van der Waals surface area contributed by atoms with E-state index in [0.717, 1.165) is 31.5 Å². The SMILES string of the molecule is CC(C)CCC(O)c1ccccc1N1CCCC1. The van der Waals surface area contributed by atoms with Gasteiger partial charge in [-0.15, -0.1) is 0 Å². The van der Waals surface area contributed by atoms with E-state index < -0.39 is 0 Å². The molecule has 2 heteroatoms. The van der Waals surface area contributed by atoms with E-state index in [-0.39, 0.29) is 6.10 Å². The number of aliphatic hydroxyl groups is 1. The van der Waals surface area contributed by atoms with Crippen LogP contribution in [-0.4, -0.2) is 18.2 Å². The fraction of sp³-hybridized carbons (Fsp3) is 0.625. The zero-order valence-electron chi connectivity index (χ0n) is 11.6. The Morgan fingerprint density at radius 2 is 1.78 bits per heavy atom. The minimum atomic E-state index is -0.316. The Balaban J connectivity index is 2.10. The highest BCUT2D eigenvalue weighted by Crippen LogP contribution is 2.31. The van der Waals surface area contributed by atoms with E-state index in [2.05, 4.69) is 36.9 Å². The van der Waals surface area contributed by atoms with E-state index in [1.807, 2.05) is 6.07 Å². The van der Waals surface area contributed by atoms with Gasteiger partial charge in [0.05, 0.1) is 6.10 Å². The maximum absolute atomic E-state index is 10.4. The lowest BCUT2D eigenvalue weighted by molar-refractivity contribution is 0.159. The fourth-order valence-electron chi connectivity index (χ4n) is 2.66. The van der Waals surface area contributed by atoms with Crippen LogP contribution in [0.2, 0.25) is 0 Å². The zero-order chi connectivity index (χ0) is 13.0. The number of aliphatic hydroxyl groups excluding tert-OH is 1. The smallest absolute Gasteiger partial charge is 0.0810 e. The second-order valence-electron chi connectivity index (χ2n) is 5.74. The first-order chi connectivity index (χ1) is 8.68. The van der Waals surface area contributed by atoms with Crippen molar-refractivity contribution < 1.29 is 5.11 Å². The lowest BCUT2D eigenvalue weighted by Crippen LogP contribution is -2.20. The summed E-state index contributed by atoms with van der Waals surface area (Å²) >= 11 is 0. The highest BCUT2D eigenvalue weighted by Gasteiger charge is 2.19. The summed E-state index contributed by atoms with van der Waals surface area (Å²) in [4.78, 5) is 2.41. The maximum Gasteiger partial charge on any atom is 0.0810 e. The number of para-hydroxylation sites is 1. The number of benzene rings is 1. The first kappa shape index (κ1) is 13.4. The van der Waals surface area contributed by atoms with Crippen LogP contribution in [0.1, 0.15) is 51.2 Å². The predicted molar refractivity (Wildman–Crippen MR) is 76.9 cm³/mol. The average Bonchev–Trinajstić information content (AvgIpc) is 2.89. The molecule has 1 aliphatic rings. The van der Waals surface area contributed by atoms with Crippen molar-refractivity contribution in [1.82, 2.24) is 0 Å². The highest BCUT2D eigenvalue weighted by molar-refractivity contribution is 5.55. The first-order valence-electron chi connectivity index (χ1n) is 7.20. The van der Waals surface area contributed by atoms with Gasteiger partial charge in [-0.05, 0) is 37.7 Å². The molecule has 100 valence electrons. The maximum atomic E-state index is 10.4. The van der Waals surface area contributed by atoms with Crippen molar-refractivity contribution in [3.05, 3.63) is 29.8 Å². The van der Waals surface area contributed by atoms with Gasteiger partial charge in [-0.1, -0.05) is 32.0 Å². The molecule has 1 fully saturated rings. The Morgan fingerprint density at radius 1 is 1.11 bits per heavy atom. The molecule has 1 aliphatic heterocycles. The number of anilines is 1. The summed E-state index contributed by atoms with van der Waals surface area (Å²) in [6.45, 7) is 6.68. The molecule has 1 heterocycles. The molecular formula is C16H25NO. The summed E-state index contributed by atoms with van der Waals surface area (Å²) in [7, 11) is 0. The zero-order valence-corrected chi connectivity index (χ0v) is 11.6. The first-order valence-corrected chi connectivity index (χ1v) is 7.20. The second kappa shape index (κ2) is 6.24. The molecule has 2 nitrogen and oxygen atoms in total. The quantitative estimate of drug-likeness (QED) is 0.856. The molecule has 0 aromatic heterocycles. The van der Waals surface area contributed by atoms with Gasteiger partial charge >= 0.3 is 0 Å². The van der Waals surface area contributed by atoms with Crippen molar-refractivity contribution in [3.63, 3.8) is 0 Å². The Hall–Kier alpha value is -1.02. The van der Waals surface area contributed by atoms with Crippen molar-refractivity contribution in [3.8, 4) is 0 Å². The molecule has 1 N–H and O–H groups in total. The predicted octanol–water partition coefficient (Wildman–Crippen LogP) is 3.76. The van der Waals surface area contributed by atoms with Crippen LogP contribution >= 0.6 is 0 Å². The third kappa shape index (κ3) is 3.26. The molecule has 1 atom stereocenters. The van der Waals surface area contributed by atoms with E-state index in [0.29, 0.717) is 5.92 Å². The third-order valence-corrected chi connectivity index (χ3v) is 3.76. The second-order valence-corrected chi connectivity index (χ2v) is 5.74. The minimum absolute atomic E-state index is 0.316. The average molecular weight is 247 g/mol. The van der Waals surface area contributed by atoms with Crippen LogP contribution in [0.5, 0.6) is 0 Å². The minimum Gasteiger partial charge on any atom is -0.388 e. The van der Waals surface area contributed by atoms with Gasteiger partial charge in [0.1, 0.15) is 0 Å². The summed E-state index contributed by atoms with van der Waals surface area (Å²) in [5.74, 6) is 0.651. The van der Waals surface area contributed by atoms with E-state index in [9.17, 15) is 5.11 Å². The van der Waals surface area contributed by atoms with E-state index in [4.69, 9.17) is 0 Å². The molecule has 0 bridgehead atoms. The number of hydrogen-bond acceptors (Lipinski definition) is 2. The largest absolute Gasteiger partial charge is 0.388 e. The van der Waals surface area contributed by atoms with Crippen molar-refractivity contribution in [2.24, 2.45) is 5.92 Å². The van der Waals surface area contributed by atoms with Gasteiger partial charge < -0.3 is 10.0 Å². The molecule has 1 aromatic rings. The van der Waals surface area contributed by atoms with Crippen LogP contribution in [0.4, 0.5) is 5.69 Å². The molecule has 0 spiro atoms. The van der Waals surface area contributed by atoms with E-state index in [1.165, 1.54) is 18.5 Å². The normalized spacial score (nSPS) is 17.4. The Bertz CT molecular complexity index is 369. The van der Waals surface area contributed by atoms with Crippen molar-refractivity contribution in [1.29, 1.82) is 0 Å². The van der Waals surface area contributed by atoms with E-state index >= 15 is 0 Å². The summed E-state index contributed by atoms with van der Waals surface area (Å²) in [6.07, 6.45) is 4.18. The fourth-order valence-corrected chi connectivity index (χ4v) is 2.66. The molecule has 2 rings (SSSR count). The van der Waals surface area contributed by atoms with Gasteiger partial charge in [-0.3, -0.25) is 0 Å². The molecule has 0 radical (unpaired) electrons. The van der Waals surface area contributed by atoms with Crippen molar-refractivity contribution in [2.75, 3.05) is 18.0 Å². The van der Waals surface area contributed by atoms with Crippen LogP contribution in [0, 0.1) is 5.92 Å². The monoisotopic (exact) mass is 247 g/mol. The van der Waals surface area contributed by atoms with Crippen LogP contribution < -0.4 is 4.90 Å². The van der Waals surface area contributed by atoms with Crippen LogP contribution in [0.3, 0.4) is 0 Å². The Morgan fingerprint density at radius 3 is 2.44 bits per heavy atom. The number of nitrogens with zero attached hydrogens (tertiary/aromatic N) is 1. The molecular weight excluding hydrogens is 222 g/mol. The van der Waals surface area contributed by atoms with Crippen LogP contribution in [-0.2, 0) is 0 Å². The molecule has 18 heavy (non-hydrogen) atoms. The number of rotatable bonds is 5. The molecule has 0 aliphatic carbocycles. The molecule has 0 saturated carbocycles. The third-order valence-electron chi connectivity index (χ3n) is 3.76. The van der Waals surface area contributed by atoms with Gasteiger partial charge in [-0.2, -0.15) is 0 Å². The molecule has 0 amide bonds. The van der Waals surface area contributed by atoms with Crippen molar-refractivity contribution >= 4 is 5.69 Å². The molecule has 1 aromatic carbocycles. The molecule has 1 unspecified atom stereocenters. The van der Waals surface area contributed by atoms with Crippen LogP contribution in [0.25, 0.3) is 0 Å². The van der Waals surface area contributed by atoms with Gasteiger partial charge in [-0.25, -0.2) is 0 Å². The lowest BCUT2D eigenvalue weighted by atomic mass is 9.98. The van der Waals surface area contributed by atoms with Crippen LogP contribution in [0.15, 0.2) is 24.3 Å². The van der Waals surface area contributed by atoms with Gasteiger partial charge in [0.25, 0.3) is 0 Å². The number of hydrogen-bond donors (Lipinski definition) is 1. The standard InChI is InChI=1S/C16H25NO/c1-13(2)9-10-16(18)14-7-3-4-8-15(14)17-11-5-6-12-17/h3-4,7-8,13,16,18H,5-6,9-12H2,1-2H3. The summed E-state index contributed by atoms with van der Waals surface area (Å²) in [5.41, 5.74) is 2.35. The van der Waals surface area contributed by atoms with Gasteiger partial charge in [0.15, 0.2) is 0 Å². The molecule has 1 saturated heterocycles. The summed E-state index contributed by atoms with van der Waals surface area (Å²) in [6, 6.07) is 8.34. The topological polar surface area (TPSA) is 23.5 Å². The summed E-state index contributed by atoms with van der Waals surface area (Å²) in [5, 5.41) is 10.4. The van der Waals surface area contributed by atoms with Gasteiger partial charge in [0.2, 0.25) is 0 Å². The lowest BCUT2D eigenvalue weighted by Gasteiger charge is -2.24. The Kier molecular flexibility index (Phi) is 4.65. The highest BCUT2D eigenvalue weighted by atomic mass is 16.3. The van der Waals surface area contributed by atoms with E-state index in [1.54, 1.807) is 0 Å². The summed E-state index contributed by atoms with van der Waals surface area (Å²) < 4.78 is 0. The van der Waals surface area contributed by atoms with Gasteiger partial charge in [0, 0.05) is 24.3 Å². The van der Waals surface area contributed by atoms with Crippen molar-refractivity contribution in [2.45, 2.75) is 45.6 Å².